The lowest BCUT2D eigenvalue weighted by atomic mass is 10.1. The molecule has 3 heteroatoms. The average molecular weight is 330 g/mol. The van der Waals surface area contributed by atoms with E-state index in [4.69, 9.17) is 9.47 Å². The van der Waals surface area contributed by atoms with Crippen LogP contribution in [0.15, 0.2) is 72.8 Å². The molecular weight excluding hydrogens is 310 g/mol. The molecule has 1 aliphatic carbocycles. The van der Waals surface area contributed by atoms with E-state index in [2.05, 4.69) is 53.8 Å². The molecule has 0 radical (unpaired) electrons. The van der Waals surface area contributed by atoms with E-state index >= 15 is 0 Å². The van der Waals surface area contributed by atoms with Gasteiger partial charge in [0.2, 0.25) is 0 Å². The lowest BCUT2D eigenvalue weighted by molar-refractivity contribution is -0.691. The molecule has 0 aromatic heterocycles. The van der Waals surface area contributed by atoms with Gasteiger partial charge in [0, 0.05) is 11.1 Å². The number of ether oxygens (including phenoxy) is 2. The molecular formula is C22H20NO2+. The molecule has 3 aromatic carbocycles. The number of rotatable bonds is 3. The molecule has 3 nitrogen and oxygen atoms in total. The van der Waals surface area contributed by atoms with Gasteiger partial charge in [-0.1, -0.05) is 60.7 Å². The molecule has 0 spiro atoms. The SMILES string of the molecule is c1ccc2c(c1)OC[C@@H](C[NH2+]C1c3ccccc3-c3ccccc31)O2. The Labute approximate surface area is 147 Å². The number of para-hydroxylation sites is 2. The minimum absolute atomic E-state index is 0.0647. The maximum atomic E-state index is 6.11. The highest BCUT2D eigenvalue weighted by Gasteiger charge is 2.32. The van der Waals surface area contributed by atoms with Crippen LogP contribution in [0.4, 0.5) is 0 Å². The zero-order chi connectivity index (χ0) is 16.6. The van der Waals surface area contributed by atoms with Gasteiger partial charge in [-0.3, -0.25) is 0 Å². The third-order valence-corrected chi connectivity index (χ3v) is 5.08. The van der Waals surface area contributed by atoms with Gasteiger partial charge in [-0.2, -0.15) is 0 Å². The van der Waals surface area contributed by atoms with E-state index in [9.17, 15) is 0 Å². The van der Waals surface area contributed by atoms with Crippen LogP contribution in [0, 0.1) is 0 Å². The Morgan fingerprint density at radius 1 is 0.760 bits per heavy atom. The van der Waals surface area contributed by atoms with Crippen molar-refractivity contribution in [3.05, 3.63) is 83.9 Å². The van der Waals surface area contributed by atoms with Crippen molar-refractivity contribution in [3.63, 3.8) is 0 Å². The number of hydrogen-bond donors (Lipinski definition) is 1. The van der Waals surface area contributed by atoms with Crippen molar-refractivity contribution >= 4 is 0 Å². The summed E-state index contributed by atoms with van der Waals surface area (Å²) in [5, 5.41) is 2.38. The maximum absolute atomic E-state index is 6.11. The van der Waals surface area contributed by atoms with Gasteiger partial charge in [0.05, 0.1) is 0 Å². The summed E-state index contributed by atoms with van der Waals surface area (Å²) in [6.45, 7) is 1.46. The number of hydrogen-bond acceptors (Lipinski definition) is 2. The molecule has 0 amide bonds. The molecule has 0 saturated heterocycles. The second-order valence-electron chi connectivity index (χ2n) is 6.62. The van der Waals surface area contributed by atoms with Crippen molar-refractivity contribution in [1.82, 2.24) is 0 Å². The van der Waals surface area contributed by atoms with Crippen LogP contribution in [-0.4, -0.2) is 19.3 Å². The van der Waals surface area contributed by atoms with E-state index in [0.717, 1.165) is 18.0 Å². The van der Waals surface area contributed by atoms with Crippen LogP contribution >= 0.6 is 0 Å². The molecule has 1 heterocycles. The summed E-state index contributed by atoms with van der Waals surface area (Å²) >= 11 is 0. The fourth-order valence-electron chi connectivity index (χ4n) is 3.92. The first kappa shape index (κ1) is 14.6. The predicted molar refractivity (Wildman–Crippen MR) is 96.9 cm³/mol. The van der Waals surface area contributed by atoms with Crippen molar-refractivity contribution in [1.29, 1.82) is 0 Å². The van der Waals surface area contributed by atoms with Gasteiger partial charge in [-0.25, -0.2) is 0 Å². The molecule has 124 valence electrons. The quantitative estimate of drug-likeness (QED) is 0.801. The molecule has 1 aliphatic heterocycles. The standard InChI is InChI=1S/C22H19NO2/c1-3-9-18-16(7-1)17-8-2-4-10-19(17)22(18)23-13-15-14-24-20-11-5-6-12-21(20)25-15/h1-12,15,22-23H,13-14H2/p+1/t15-/m1/s1. The molecule has 0 saturated carbocycles. The zero-order valence-corrected chi connectivity index (χ0v) is 13.9. The summed E-state index contributed by atoms with van der Waals surface area (Å²) in [6, 6.07) is 25.6. The fourth-order valence-corrected chi connectivity index (χ4v) is 3.92. The van der Waals surface area contributed by atoms with Crippen LogP contribution in [0.5, 0.6) is 11.5 Å². The van der Waals surface area contributed by atoms with Gasteiger partial charge in [0.15, 0.2) is 17.6 Å². The minimum atomic E-state index is 0.0647. The summed E-state index contributed by atoms with van der Waals surface area (Å²) in [4.78, 5) is 0. The Kier molecular flexibility index (Phi) is 3.46. The molecule has 25 heavy (non-hydrogen) atoms. The van der Waals surface area contributed by atoms with Gasteiger partial charge < -0.3 is 14.8 Å². The van der Waals surface area contributed by atoms with Gasteiger partial charge >= 0.3 is 0 Å². The van der Waals surface area contributed by atoms with E-state index in [-0.39, 0.29) is 6.10 Å². The van der Waals surface area contributed by atoms with Gasteiger partial charge in [-0.15, -0.1) is 0 Å². The molecule has 0 bridgehead atoms. The zero-order valence-electron chi connectivity index (χ0n) is 13.9. The normalized spacial score (nSPS) is 17.8. The Hall–Kier alpha value is -2.78. The van der Waals surface area contributed by atoms with Crippen LogP contribution in [0.3, 0.4) is 0 Å². The highest BCUT2D eigenvalue weighted by Crippen LogP contribution is 2.41. The molecule has 1 atom stereocenters. The molecule has 3 aromatic rings. The van der Waals surface area contributed by atoms with Crippen molar-refractivity contribution < 1.29 is 14.8 Å². The van der Waals surface area contributed by atoms with E-state index in [1.807, 2.05) is 24.3 Å². The van der Waals surface area contributed by atoms with Crippen molar-refractivity contribution in [3.8, 4) is 22.6 Å². The van der Waals surface area contributed by atoms with E-state index in [0.29, 0.717) is 12.6 Å². The number of nitrogens with two attached hydrogens (primary N) is 1. The average Bonchev–Trinajstić information content (AvgIpc) is 3.00. The van der Waals surface area contributed by atoms with Crippen LogP contribution < -0.4 is 14.8 Å². The van der Waals surface area contributed by atoms with Crippen LogP contribution in [0.2, 0.25) is 0 Å². The summed E-state index contributed by atoms with van der Waals surface area (Å²) in [7, 11) is 0. The number of fused-ring (bicyclic) bond motifs is 4. The summed E-state index contributed by atoms with van der Waals surface area (Å²) in [5.74, 6) is 1.69. The second kappa shape index (κ2) is 5.94. The molecule has 2 aliphatic rings. The van der Waals surface area contributed by atoms with Crippen LogP contribution in [-0.2, 0) is 0 Å². The fraction of sp³-hybridized carbons (Fsp3) is 0.182. The first-order chi connectivity index (χ1) is 12.4. The van der Waals surface area contributed by atoms with Gasteiger partial charge in [-0.05, 0) is 23.3 Å². The Morgan fingerprint density at radius 2 is 1.36 bits per heavy atom. The van der Waals surface area contributed by atoms with E-state index in [1.54, 1.807) is 0 Å². The van der Waals surface area contributed by atoms with E-state index < -0.39 is 0 Å². The van der Waals surface area contributed by atoms with Gasteiger partial charge in [0.25, 0.3) is 0 Å². The first-order valence-corrected chi connectivity index (χ1v) is 8.80. The highest BCUT2D eigenvalue weighted by molar-refractivity contribution is 5.77. The van der Waals surface area contributed by atoms with Crippen molar-refractivity contribution in [2.75, 3.05) is 13.2 Å². The largest absolute Gasteiger partial charge is 0.486 e. The smallest absolute Gasteiger partial charge is 0.181 e. The molecule has 5 rings (SSSR count). The molecule has 0 fully saturated rings. The maximum Gasteiger partial charge on any atom is 0.181 e. The summed E-state index contributed by atoms with van der Waals surface area (Å²) in [6.07, 6.45) is 0.0647. The topological polar surface area (TPSA) is 35.1 Å². The Balaban J connectivity index is 1.37. The highest BCUT2D eigenvalue weighted by atomic mass is 16.6. The Bertz CT molecular complexity index is 876. The lowest BCUT2D eigenvalue weighted by Crippen LogP contribution is -2.88. The molecule has 2 N–H and O–H groups in total. The predicted octanol–water partition coefficient (Wildman–Crippen LogP) is 3.16. The van der Waals surface area contributed by atoms with Crippen molar-refractivity contribution in [2.24, 2.45) is 0 Å². The summed E-state index contributed by atoms with van der Waals surface area (Å²) < 4.78 is 12.0. The lowest BCUT2D eigenvalue weighted by Gasteiger charge is -2.26. The third-order valence-electron chi connectivity index (χ3n) is 5.08. The van der Waals surface area contributed by atoms with Crippen LogP contribution in [0.25, 0.3) is 11.1 Å². The number of benzene rings is 3. The monoisotopic (exact) mass is 330 g/mol. The van der Waals surface area contributed by atoms with Crippen LogP contribution in [0.1, 0.15) is 17.2 Å². The van der Waals surface area contributed by atoms with Crippen molar-refractivity contribution in [2.45, 2.75) is 12.1 Å². The van der Waals surface area contributed by atoms with Gasteiger partial charge in [0.1, 0.15) is 19.2 Å². The number of quaternary nitrogens is 1. The summed E-state index contributed by atoms with van der Waals surface area (Å²) in [5.41, 5.74) is 5.48. The second-order valence-corrected chi connectivity index (χ2v) is 6.62. The van der Waals surface area contributed by atoms with E-state index in [1.165, 1.54) is 22.3 Å². The molecule has 0 unspecified atom stereocenters. The third kappa shape index (κ3) is 2.48. The Morgan fingerprint density at radius 3 is 2.08 bits per heavy atom. The first-order valence-electron chi connectivity index (χ1n) is 8.80. The minimum Gasteiger partial charge on any atom is -0.486 e.